The van der Waals surface area contributed by atoms with Gasteiger partial charge in [0, 0.05) is 11.9 Å². The van der Waals surface area contributed by atoms with Gasteiger partial charge in [-0.2, -0.15) is 13.2 Å². The first-order chi connectivity index (χ1) is 13.8. The highest BCUT2D eigenvalue weighted by molar-refractivity contribution is 7.13. The minimum atomic E-state index is -4.60. The fraction of sp³-hybridized carbons (Fsp3) is 0.211. The average molecular weight is 423 g/mol. The van der Waals surface area contributed by atoms with Crippen molar-refractivity contribution in [2.24, 2.45) is 0 Å². The van der Waals surface area contributed by atoms with Crippen molar-refractivity contribution in [3.8, 4) is 10.8 Å². The van der Waals surface area contributed by atoms with Crippen LogP contribution in [0.25, 0.3) is 10.8 Å². The van der Waals surface area contributed by atoms with Crippen LogP contribution in [0.3, 0.4) is 0 Å². The van der Waals surface area contributed by atoms with Gasteiger partial charge in [-0.3, -0.25) is 9.59 Å². The molecule has 1 N–H and O–H groups in total. The summed E-state index contributed by atoms with van der Waals surface area (Å²) in [6, 6.07) is 8.06. The lowest BCUT2D eigenvalue weighted by molar-refractivity contribution is -0.137. The van der Waals surface area contributed by atoms with Crippen molar-refractivity contribution >= 4 is 28.8 Å². The Morgan fingerprint density at radius 2 is 1.97 bits per heavy atom. The Balaban J connectivity index is 1.70. The Kier molecular flexibility index (Phi) is 6.02. The molecule has 0 aliphatic rings. The zero-order valence-corrected chi connectivity index (χ0v) is 16.0. The first-order valence-electron chi connectivity index (χ1n) is 8.54. The fourth-order valence-electron chi connectivity index (χ4n) is 2.58. The number of carbonyl (C=O) groups excluding carboxylic acids is 2. The van der Waals surface area contributed by atoms with Crippen molar-refractivity contribution < 1.29 is 27.2 Å². The van der Waals surface area contributed by atoms with Gasteiger partial charge in [-0.05, 0) is 31.2 Å². The smallest absolute Gasteiger partial charge is 0.418 e. The summed E-state index contributed by atoms with van der Waals surface area (Å²) in [6.45, 7) is 1.44. The maximum absolute atomic E-state index is 13.1. The zero-order chi connectivity index (χ0) is 21.0. The quantitative estimate of drug-likeness (QED) is 0.633. The number of likely N-dealkylation sites (N-methyl/N-ethyl adjacent to an activating group) is 1. The van der Waals surface area contributed by atoms with Gasteiger partial charge in [0.2, 0.25) is 5.91 Å². The van der Waals surface area contributed by atoms with Crippen LogP contribution in [0.5, 0.6) is 0 Å². The van der Waals surface area contributed by atoms with Crippen LogP contribution in [0.4, 0.5) is 18.9 Å². The van der Waals surface area contributed by atoms with Gasteiger partial charge in [-0.25, -0.2) is 4.98 Å². The first-order valence-corrected chi connectivity index (χ1v) is 9.42. The summed E-state index contributed by atoms with van der Waals surface area (Å²) in [5.41, 5.74) is -1.18. The lowest BCUT2D eigenvalue weighted by atomic mass is 10.1. The van der Waals surface area contributed by atoms with Gasteiger partial charge in [0.25, 0.3) is 5.91 Å². The van der Waals surface area contributed by atoms with Gasteiger partial charge in [0.1, 0.15) is 12.2 Å². The fourth-order valence-corrected chi connectivity index (χ4v) is 3.34. The van der Waals surface area contributed by atoms with Gasteiger partial charge in [-0.1, -0.05) is 12.1 Å². The molecule has 0 spiro atoms. The predicted octanol–water partition coefficient (Wildman–Crippen LogP) is 4.52. The number of benzene rings is 1. The third-order valence-corrected chi connectivity index (χ3v) is 4.82. The number of para-hydroxylation sites is 1. The van der Waals surface area contributed by atoms with E-state index in [1.165, 1.54) is 34.6 Å². The van der Waals surface area contributed by atoms with Crippen LogP contribution in [0.1, 0.15) is 23.0 Å². The molecule has 2 amide bonds. The van der Waals surface area contributed by atoms with Crippen molar-refractivity contribution in [3.63, 3.8) is 0 Å². The SMILES string of the molecule is CCN(CC(=O)Nc1ccccc1C(F)(F)F)C(=O)c1csc(-c2ccco2)n1. The first kappa shape index (κ1) is 20.6. The number of aromatic nitrogens is 1. The molecular weight excluding hydrogens is 407 g/mol. The summed E-state index contributed by atoms with van der Waals surface area (Å²) in [4.78, 5) is 30.3. The van der Waals surface area contributed by atoms with E-state index in [4.69, 9.17) is 4.42 Å². The number of hydrogen-bond acceptors (Lipinski definition) is 5. The molecule has 29 heavy (non-hydrogen) atoms. The van der Waals surface area contributed by atoms with Crippen molar-refractivity contribution in [1.29, 1.82) is 0 Å². The van der Waals surface area contributed by atoms with Crippen LogP contribution < -0.4 is 5.32 Å². The standard InChI is InChI=1S/C19H16F3N3O3S/c1-2-25(18(27)14-11-29-17(24-14)15-8-5-9-28-15)10-16(26)23-13-7-4-3-6-12(13)19(20,21)22/h3-9,11H,2,10H2,1H3,(H,23,26). The van der Waals surface area contributed by atoms with E-state index in [1.807, 2.05) is 0 Å². The van der Waals surface area contributed by atoms with Crippen LogP contribution in [0.2, 0.25) is 0 Å². The molecule has 0 aliphatic carbocycles. The van der Waals surface area contributed by atoms with E-state index in [0.717, 1.165) is 12.1 Å². The second-order valence-corrected chi connectivity index (χ2v) is 6.78. The molecule has 0 unspecified atom stereocenters. The van der Waals surface area contributed by atoms with E-state index in [0.29, 0.717) is 10.8 Å². The summed E-state index contributed by atoms with van der Waals surface area (Å²) in [5, 5.41) is 4.28. The molecule has 3 rings (SSSR count). The van der Waals surface area contributed by atoms with Crippen molar-refractivity contribution in [2.45, 2.75) is 13.1 Å². The van der Waals surface area contributed by atoms with Crippen LogP contribution >= 0.6 is 11.3 Å². The van der Waals surface area contributed by atoms with E-state index in [9.17, 15) is 22.8 Å². The van der Waals surface area contributed by atoms with Crippen LogP contribution in [-0.4, -0.2) is 34.8 Å². The van der Waals surface area contributed by atoms with Gasteiger partial charge in [0.05, 0.1) is 17.5 Å². The normalized spacial score (nSPS) is 11.3. The monoisotopic (exact) mass is 423 g/mol. The van der Waals surface area contributed by atoms with Crippen LogP contribution in [0.15, 0.2) is 52.5 Å². The number of carbonyl (C=O) groups is 2. The zero-order valence-electron chi connectivity index (χ0n) is 15.2. The summed E-state index contributed by atoms with van der Waals surface area (Å²) < 4.78 is 44.4. The molecule has 0 fully saturated rings. The van der Waals surface area contributed by atoms with Crippen molar-refractivity contribution in [3.05, 3.63) is 59.3 Å². The maximum atomic E-state index is 13.1. The second-order valence-electron chi connectivity index (χ2n) is 5.93. The summed E-state index contributed by atoms with van der Waals surface area (Å²) in [7, 11) is 0. The number of rotatable bonds is 6. The molecule has 0 atom stereocenters. The Hall–Kier alpha value is -3.14. The Bertz CT molecular complexity index is 1000. The lowest BCUT2D eigenvalue weighted by Gasteiger charge is -2.20. The molecule has 3 aromatic rings. The Morgan fingerprint density at radius 3 is 2.62 bits per heavy atom. The minimum Gasteiger partial charge on any atom is -0.462 e. The molecular formula is C19H16F3N3O3S. The third-order valence-electron chi connectivity index (χ3n) is 3.97. The van der Waals surface area contributed by atoms with Gasteiger partial charge < -0.3 is 14.6 Å². The predicted molar refractivity (Wildman–Crippen MR) is 101 cm³/mol. The molecule has 0 saturated carbocycles. The molecule has 2 aromatic heterocycles. The van der Waals surface area contributed by atoms with Crippen molar-refractivity contribution in [1.82, 2.24) is 9.88 Å². The molecule has 10 heteroatoms. The summed E-state index contributed by atoms with van der Waals surface area (Å²) in [6.07, 6.45) is -3.12. The number of nitrogens with zero attached hydrogens (tertiary/aromatic N) is 2. The molecule has 0 radical (unpaired) electrons. The Morgan fingerprint density at radius 1 is 1.21 bits per heavy atom. The Labute approximate surface area is 168 Å². The molecule has 1 aromatic carbocycles. The van der Waals surface area contributed by atoms with Gasteiger partial charge in [-0.15, -0.1) is 11.3 Å². The number of furan rings is 1. The number of anilines is 1. The van der Waals surface area contributed by atoms with Crippen LogP contribution in [0, 0.1) is 0 Å². The largest absolute Gasteiger partial charge is 0.462 e. The van der Waals surface area contributed by atoms with Crippen molar-refractivity contribution in [2.75, 3.05) is 18.4 Å². The van der Waals surface area contributed by atoms with E-state index in [-0.39, 0.29) is 17.9 Å². The number of alkyl halides is 3. The molecule has 152 valence electrons. The topological polar surface area (TPSA) is 75.4 Å². The minimum absolute atomic E-state index is 0.131. The third kappa shape index (κ3) is 4.83. The lowest BCUT2D eigenvalue weighted by Crippen LogP contribution is -2.38. The van der Waals surface area contributed by atoms with Gasteiger partial charge >= 0.3 is 6.18 Å². The maximum Gasteiger partial charge on any atom is 0.418 e. The highest BCUT2D eigenvalue weighted by Crippen LogP contribution is 2.34. The summed E-state index contributed by atoms with van der Waals surface area (Å²) >= 11 is 1.21. The molecule has 6 nitrogen and oxygen atoms in total. The highest BCUT2D eigenvalue weighted by Gasteiger charge is 2.33. The van der Waals surface area contributed by atoms with E-state index in [2.05, 4.69) is 10.3 Å². The molecule has 2 heterocycles. The number of nitrogens with one attached hydrogen (secondary N) is 1. The molecule has 0 aliphatic heterocycles. The highest BCUT2D eigenvalue weighted by atomic mass is 32.1. The second kappa shape index (κ2) is 8.48. The van der Waals surface area contributed by atoms with Crippen LogP contribution in [-0.2, 0) is 11.0 Å². The summed E-state index contributed by atoms with van der Waals surface area (Å²) in [5.74, 6) is -0.724. The number of hydrogen-bond donors (Lipinski definition) is 1. The van der Waals surface area contributed by atoms with Gasteiger partial charge in [0.15, 0.2) is 10.8 Å². The van der Waals surface area contributed by atoms with E-state index >= 15 is 0 Å². The molecule has 0 bridgehead atoms. The van der Waals surface area contributed by atoms with E-state index < -0.39 is 30.1 Å². The number of thiazole rings is 1. The average Bonchev–Trinajstić information content (AvgIpc) is 3.36. The number of amides is 2. The van der Waals surface area contributed by atoms with E-state index in [1.54, 1.807) is 24.4 Å². The molecule has 0 saturated heterocycles. The number of halogens is 3.